The summed E-state index contributed by atoms with van der Waals surface area (Å²) < 4.78 is 8.07. The van der Waals surface area contributed by atoms with E-state index < -0.39 is 11.9 Å². The van der Waals surface area contributed by atoms with E-state index in [1.54, 1.807) is 31.3 Å². The SMILES string of the molecule is CC(C)COC(=O)C/C=C/c1cccc2c1n(C)c(=O)n2C1CCC(=O)NC1=O. The minimum Gasteiger partial charge on any atom is -0.465 e. The summed E-state index contributed by atoms with van der Waals surface area (Å²) in [5.74, 6) is -0.826. The second-order valence-corrected chi connectivity index (χ2v) is 7.58. The highest BCUT2D eigenvalue weighted by molar-refractivity contribution is 6.00. The maximum absolute atomic E-state index is 12.9. The molecule has 0 aliphatic carbocycles. The standard InChI is InChI=1S/C21H25N3O5/c1-13(2)12-29-18(26)9-5-7-14-6-4-8-15-19(14)23(3)21(28)24(15)16-10-11-17(25)22-20(16)27/h4-8,13,16H,9-12H2,1-3H3,(H,22,25,27)/b7-5+. The van der Waals surface area contributed by atoms with Crippen LogP contribution >= 0.6 is 0 Å². The zero-order chi connectivity index (χ0) is 21.1. The van der Waals surface area contributed by atoms with Crippen LogP contribution in [-0.2, 0) is 26.2 Å². The van der Waals surface area contributed by atoms with Gasteiger partial charge in [0.25, 0.3) is 0 Å². The van der Waals surface area contributed by atoms with E-state index in [9.17, 15) is 19.2 Å². The van der Waals surface area contributed by atoms with Crippen molar-refractivity contribution in [1.29, 1.82) is 0 Å². The van der Waals surface area contributed by atoms with Gasteiger partial charge in [0.05, 0.1) is 24.1 Å². The van der Waals surface area contributed by atoms with Gasteiger partial charge >= 0.3 is 11.7 Å². The highest BCUT2D eigenvalue weighted by Crippen LogP contribution is 2.25. The van der Waals surface area contributed by atoms with Crippen molar-refractivity contribution in [2.24, 2.45) is 13.0 Å². The van der Waals surface area contributed by atoms with Gasteiger partial charge < -0.3 is 4.74 Å². The molecule has 1 saturated heterocycles. The van der Waals surface area contributed by atoms with Crippen molar-refractivity contribution < 1.29 is 19.1 Å². The molecule has 2 aromatic rings. The first-order valence-electron chi connectivity index (χ1n) is 9.65. The van der Waals surface area contributed by atoms with Crippen LogP contribution in [0.5, 0.6) is 0 Å². The van der Waals surface area contributed by atoms with Gasteiger partial charge in [0, 0.05) is 19.0 Å². The minimum absolute atomic E-state index is 0.130. The first-order chi connectivity index (χ1) is 13.8. The lowest BCUT2D eigenvalue weighted by Crippen LogP contribution is -2.44. The number of imidazole rings is 1. The molecule has 2 amide bonds. The highest BCUT2D eigenvalue weighted by Gasteiger charge is 2.31. The number of rotatable bonds is 6. The van der Waals surface area contributed by atoms with Gasteiger partial charge in [-0.3, -0.25) is 28.8 Å². The maximum atomic E-state index is 12.9. The summed E-state index contributed by atoms with van der Waals surface area (Å²) in [4.78, 5) is 48.4. The molecule has 8 nitrogen and oxygen atoms in total. The van der Waals surface area contributed by atoms with Gasteiger partial charge in [-0.05, 0) is 18.4 Å². The van der Waals surface area contributed by atoms with Gasteiger partial charge in [0.2, 0.25) is 11.8 Å². The van der Waals surface area contributed by atoms with Gasteiger partial charge in [0.1, 0.15) is 6.04 Å². The number of fused-ring (bicyclic) bond motifs is 1. The second kappa shape index (κ2) is 8.46. The van der Waals surface area contributed by atoms with E-state index in [4.69, 9.17) is 4.74 Å². The fourth-order valence-electron chi connectivity index (χ4n) is 3.43. The Kier molecular flexibility index (Phi) is 6.00. The van der Waals surface area contributed by atoms with Crippen LogP contribution in [0.25, 0.3) is 17.1 Å². The van der Waals surface area contributed by atoms with Crippen molar-refractivity contribution in [3.8, 4) is 0 Å². The van der Waals surface area contributed by atoms with Gasteiger partial charge in [0.15, 0.2) is 0 Å². The van der Waals surface area contributed by atoms with E-state index in [0.29, 0.717) is 17.6 Å². The van der Waals surface area contributed by atoms with Crippen molar-refractivity contribution in [2.45, 2.75) is 39.2 Å². The number of hydrogen-bond acceptors (Lipinski definition) is 5. The molecule has 3 rings (SSSR count). The molecular weight excluding hydrogens is 374 g/mol. The molecule has 1 aromatic carbocycles. The number of ether oxygens (including phenoxy) is 1. The molecule has 29 heavy (non-hydrogen) atoms. The third-order valence-corrected chi connectivity index (χ3v) is 4.82. The Hall–Kier alpha value is -3.16. The number of piperidine rings is 1. The van der Waals surface area contributed by atoms with Crippen LogP contribution in [0.4, 0.5) is 0 Å². The molecule has 1 fully saturated rings. The Balaban J connectivity index is 1.91. The van der Waals surface area contributed by atoms with Crippen molar-refractivity contribution in [2.75, 3.05) is 6.61 Å². The van der Waals surface area contributed by atoms with Crippen LogP contribution in [0, 0.1) is 5.92 Å². The lowest BCUT2D eigenvalue weighted by atomic mass is 10.1. The van der Waals surface area contributed by atoms with Crippen LogP contribution in [0.3, 0.4) is 0 Å². The van der Waals surface area contributed by atoms with Gasteiger partial charge in [-0.15, -0.1) is 0 Å². The van der Waals surface area contributed by atoms with Gasteiger partial charge in [-0.1, -0.05) is 38.1 Å². The molecule has 0 radical (unpaired) electrons. The molecule has 154 valence electrons. The zero-order valence-electron chi connectivity index (χ0n) is 16.8. The van der Waals surface area contributed by atoms with Crippen LogP contribution < -0.4 is 11.0 Å². The average molecular weight is 399 g/mol. The number of para-hydroxylation sites is 1. The third kappa shape index (κ3) is 4.31. The summed E-state index contributed by atoms with van der Waals surface area (Å²) >= 11 is 0. The normalized spacial score (nSPS) is 17.3. The number of benzene rings is 1. The molecule has 1 aromatic heterocycles. The molecule has 1 aliphatic heterocycles. The number of carbonyl (C=O) groups excluding carboxylic acids is 3. The Morgan fingerprint density at radius 2 is 2.07 bits per heavy atom. The van der Waals surface area contributed by atoms with E-state index >= 15 is 0 Å². The van der Waals surface area contributed by atoms with Gasteiger partial charge in [-0.25, -0.2) is 4.79 Å². The fourth-order valence-corrected chi connectivity index (χ4v) is 3.43. The minimum atomic E-state index is -0.728. The first-order valence-corrected chi connectivity index (χ1v) is 9.65. The maximum Gasteiger partial charge on any atom is 0.329 e. The predicted octanol–water partition coefficient (Wildman–Crippen LogP) is 1.92. The molecule has 1 aliphatic rings. The van der Waals surface area contributed by atoms with Crippen LogP contribution in [-0.4, -0.2) is 33.5 Å². The summed E-state index contributed by atoms with van der Waals surface area (Å²) in [6, 6.07) is 4.68. The fraction of sp³-hybridized carbons (Fsp3) is 0.429. The number of imide groups is 1. The van der Waals surface area contributed by atoms with E-state index in [0.717, 1.165) is 5.56 Å². The number of nitrogens with one attached hydrogen (secondary N) is 1. The quantitative estimate of drug-likeness (QED) is 0.591. The summed E-state index contributed by atoms with van der Waals surface area (Å²) in [5, 5.41) is 2.30. The molecule has 0 spiro atoms. The van der Waals surface area contributed by atoms with E-state index in [2.05, 4.69) is 5.32 Å². The second-order valence-electron chi connectivity index (χ2n) is 7.58. The summed E-state index contributed by atoms with van der Waals surface area (Å²) in [6.07, 6.45) is 4.08. The summed E-state index contributed by atoms with van der Waals surface area (Å²) in [5.41, 5.74) is 1.70. The lowest BCUT2D eigenvalue weighted by Gasteiger charge is -2.21. The van der Waals surface area contributed by atoms with E-state index in [-0.39, 0.29) is 42.7 Å². The molecule has 1 N–H and O–H groups in total. The average Bonchev–Trinajstić information content (AvgIpc) is 2.92. The molecular formula is C21H25N3O5. The number of amides is 2. The summed E-state index contributed by atoms with van der Waals surface area (Å²) in [6.45, 7) is 4.32. The Morgan fingerprint density at radius 3 is 2.76 bits per heavy atom. The molecule has 1 atom stereocenters. The Morgan fingerprint density at radius 1 is 1.31 bits per heavy atom. The summed E-state index contributed by atoms with van der Waals surface area (Å²) in [7, 11) is 1.64. The van der Waals surface area contributed by atoms with Crippen molar-refractivity contribution in [1.82, 2.24) is 14.5 Å². The van der Waals surface area contributed by atoms with E-state index in [1.807, 2.05) is 19.9 Å². The van der Waals surface area contributed by atoms with Gasteiger partial charge in [-0.2, -0.15) is 0 Å². The predicted molar refractivity (Wildman–Crippen MR) is 108 cm³/mol. The lowest BCUT2D eigenvalue weighted by molar-refractivity contribution is -0.143. The van der Waals surface area contributed by atoms with Crippen molar-refractivity contribution in [3.63, 3.8) is 0 Å². The number of aromatic nitrogens is 2. The van der Waals surface area contributed by atoms with Crippen LogP contribution in [0.2, 0.25) is 0 Å². The number of hydrogen-bond donors (Lipinski definition) is 1. The Labute approximate surface area is 168 Å². The number of esters is 1. The van der Waals surface area contributed by atoms with Crippen molar-refractivity contribution in [3.05, 3.63) is 40.3 Å². The highest BCUT2D eigenvalue weighted by atomic mass is 16.5. The number of carbonyl (C=O) groups is 3. The largest absolute Gasteiger partial charge is 0.465 e. The Bertz CT molecular complexity index is 1040. The topological polar surface area (TPSA) is 99.4 Å². The van der Waals surface area contributed by atoms with E-state index in [1.165, 1.54) is 9.13 Å². The number of aryl methyl sites for hydroxylation is 1. The van der Waals surface area contributed by atoms with Crippen LogP contribution in [0.1, 0.15) is 44.7 Å². The van der Waals surface area contributed by atoms with Crippen molar-refractivity contribution >= 4 is 34.9 Å². The molecule has 1 unspecified atom stereocenters. The zero-order valence-corrected chi connectivity index (χ0v) is 16.8. The molecule has 0 saturated carbocycles. The first kappa shape index (κ1) is 20.6. The third-order valence-electron chi connectivity index (χ3n) is 4.82. The molecule has 0 bridgehead atoms. The molecule has 2 heterocycles. The smallest absolute Gasteiger partial charge is 0.329 e. The molecule has 8 heteroatoms. The van der Waals surface area contributed by atoms with Crippen LogP contribution in [0.15, 0.2) is 29.1 Å². The monoisotopic (exact) mass is 399 g/mol. The number of nitrogens with zero attached hydrogens (tertiary/aromatic N) is 2.